The average molecular weight is 436 g/mol. The lowest BCUT2D eigenvalue weighted by Gasteiger charge is -2.21. The minimum Gasteiger partial charge on any atom is -0.459 e. The van der Waals surface area contributed by atoms with Crippen LogP contribution in [0.25, 0.3) is 11.0 Å². The molecule has 0 radical (unpaired) electrons. The zero-order valence-electron chi connectivity index (χ0n) is 19.1. The number of hydrogen-bond donors (Lipinski definition) is 1. The summed E-state index contributed by atoms with van der Waals surface area (Å²) in [5, 5.41) is 3.49. The van der Waals surface area contributed by atoms with E-state index in [0.717, 1.165) is 16.5 Å². The highest BCUT2D eigenvalue weighted by Gasteiger charge is 2.26. The highest BCUT2D eigenvalue weighted by Crippen LogP contribution is 2.27. The zero-order valence-corrected chi connectivity index (χ0v) is 19.1. The van der Waals surface area contributed by atoms with Gasteiger partial charge in [-0.05, 0) is 54.2 Å². The van der Waals surface area contributed by atoms with Crippen molar-refractivity contribution in [2.75, 3.05) is 0 Å². The number of carbonyl (C=O) groups is 2. The number of nitrogens with one attached hydrogen (secondary N) is 1. The topological polar surface area (TPSA) is 85.6 Å². The number of carbonyl (C=O) groups excluding carboxylic acids is 2. The molecule has 0 aliphatic carbocycles. The van der Waals surface area contributed by atoms with Gasteiger partial charge in [0.05, 0.1) is 0 Å². The lowest BCUT2D eigenvalue weighted by atomic mass is 9.95. The Kier molecular flexibility index (Phi) is 7.13. The smallest absolute Gasteiger partial charge is 0.336 e. The molecule has 1 atom stereocenters. The molecular formula is C26H29NO5. The number of ether oxygens (including phenoxy) is 1. The van der Waals surface area contributed by atoms with E-state index in [1.165, 1.54) is 6.07 Å². The third kappa shape index (κ3) is 5.25. The van der Waals surface area contributed by atoms with Gasteiger partial charge in [-0.2, -0.15) is 0 Å². The zero-order chi connectivity index (χ0) is 23.4. The van der Waals surface area contributed by atoms with Crippen LogP contribution in [0.5, 0.6) is 0 Å². The fraction of sp³-hybridized carbons (Fsp3) is 0.346. The van der Waals surface area contributed by atoms with Crippen molar-refractivity contribution < 1.29 is 18.7 Å². The van der Waals surface area contributed by atoms with Gasteiger partial charge in [0.25, 0.3) is 5.91 Å². The molecule has 1 aromatic heterocycles. The maximum Gasteiger partial charge on any atom is 0.336 e. The average Bonchev–Trinajstić information content (AvgIpc) is 2.74. The molecule has 0 bridgehead atoms. The Morgan fingerprint density at radius 1 is 1.03 bits per heavy atom. The van der Waals surface area contributed by atoms with Gasteiger partial charge >= 0.3 is 11.6 Å². The van der Waals surface area contributed by atoms with Crippen molar-refractivity contribution in [3.63, 3.8) is 0 Å². The summed E-state index contributed by atoms with van der Waals surface area (Å²) in [6.07, 6.45) is 0. The number of fused-ring (bicyclic) bond motifs is 1. The highest BCUT2D eigenvalue weighted by atomic mass is 16.5. The SMILES string of the molecule is Cc1cc2oc(=O)cc(COC(=O)C(NC(=O)c3ccccc3)C(C)C)c2cc1C(C)C. The summed E-state index contributed by atoms with van der Waals surface area (Å²) in [6.45, 7) is 9.74. The van der Waals surface area contributed by atoms with E-state index >= 15 is 0 Å². The molecule has 3 aromatic rings. The Morgan fingerprint density at radius 3 is 2.34 bits per heavy atom. The summed E-state index contributed by atoms with van der Waals surface area (Å²) in [5.74, 6) is -0.783. The van der Waals surface area contributed by atoms with Crippen molar-refractivity contribution in [2.24, 2.45) is 5.92 Å². The second-order valence-corrected chi connectivity index (χ2v) is 8.62. The fourth-order valence-corrected chi connectivity index (χ4v) is 3.68. The van der Waals surface area contributed by atoms with Gasteiger partial charge in [0.2, 0.25) is 0 Å². The van der Waals surface area contributed by atoms with E-state index in [9.17, 15) is 14.4 Å². The normalized spacial score (nSPS) is 12.2. The standard InChI is InChI=1S/C26H29NO5/c1-15(2)20-13-21-19(12-23(28)32-22(21)11-17(20)5)14-31-26(30)24(16(3)4)27-25(29)18-9-7-6-8-10-18/h6-13,15-16,24H,14H2,1-5H3,(H,27,29). The van der Waals surface area contributed by atoms with E-state index in [1.807, 2.05) is 39.0 Å². The first-order chi connectivity index (χ1) is 15.2. The van der Waals surface area contributed by atoms with Crippen LogP contribution in [0.1, 0.15) is 60.7 Å². The van der Waals surface area contributed by atoms with E-state index in [-0.39, 0.29) is 18.4 Å². The first kappa shape index (κ1) is 23.3. The molecular weight excluding hydrogens is 406 g/mol. The molecule has 1 unspecified atom stereocenters. The van der Waals surface area contributed by atoms with E-state index in [1.54, 1.807) is 24.3 Å². The van der Waals surface area contributed by atoms with E-state index in [0.29, 0.717) is 22.6 Å². The van der Waals surface area contributed by atoms with Crippen molar-refractivity contribution in [3.8, 4) is 0 Å². The highest BCUT2D eigenvalue weighted by molar-refractivity contribution is 5.96. The Bertz CT molecular complexity index is 1180. The second kappa shape index (κ2) is 9.81. The molecule has 6 nitrogen and oxygen atoms in total. The number of hydrogen-bond acceptors (Lipinski definition) is 5. The third-order valence-corrected chi connectivity index (χ3v) is 5.45. The van der Waals surface area contributed by atoms with Crippen LogP contribution >= 0.6 is 0 Å². The molecule has 0 spiro atoms. The number of aryl methyl sites for hydroxylation is 1. The maximum atomic E-state index is 12.8. The molecule has 0 fully saturated rings. The van der Waals surface area contributed by atoms with Crippen molar-refractivity contribution in [1.29, 1.82) is 0 Å². The van der Waals surface area contributed by atoms with Gasteiger partial charge in [-0.3, -0.25) is 4.79 Å². The molecule has 0 aliphatic heterocycles. The maximum absolute atomic E-state index is 12.8. The van der Waals surface area contributed by atoms with Crippen LogP contribution < -0.4 is 10.9 Å². The Balaban J connectivity index is 1.82. The molecule has 1 N–H and O–H groups in total. The van der Waals surface area contributed by atoms with E-state index < -0.39 is 17.6 Å². The number of amides is 1. The van der Waals surface area contributed by atoms with E-state index in [2.05, 4.69) is 19.2 Å². The van der Waals surface area contributed by atoms with Gasteiger partial charge < -0.3 is 14.5 Å². The molecule has 0 saturated carbocycles. The van der Waals surface area contributed by atoms with Crippen molar-refractivity contribution in [2.45, 2.75) is 53.2 Å². The largest absolute Gasteiger partial charge is 0.459 e. The van der Waals surface area contributed by atoms with Crippen LogP contribution in [-0.2, 0) is 16.1 Å². The van der Waals surface area contributed by atoms with Gasteiger partial charge in [-0.25, -0.2) is 9.59 Å². The lowest BCUT2D eigenvalue weighted by molar-refractivity contribution is -0.148. The molecule has 2 aromatic carbocycles. The van der Waals surface area contributed by atoms with Gasteiger partial charge in [-0.15, -0.1) is 0 Å². The minimum atomic E-state index is -0.817. The number of benzene rings is 2. The van der Waals surface area contributed by atoms with Gasteiger partial charge in [0.15, 0.2) is 0 Å². The summed E-state index contributed by atoms with van der Waals surface area (Å²) in [4.78, 5) is 37.4. The predicted octanol–water partition coefficient (Wildman–Crippen LogP) is 4.72. The monoisotopic (exact) mass is 435 g/mol. The molecule has 168 valence electrons. The number of esters is 1. The molecule has 0 aliphatic rings. The predicted molar refractivity (Wildman–Crippen MR) is 124 cm³/mol. The molecule has 1 heterocycles. The van der Waals surface area contributed by atoms with Gasteiger partial charge in [-0.1, -0.05) is 45.9 Å². The van der Waals surface area contributed by atoms with Crippen LogP contribution in [0, 0.1) is 12.8 Å². The van der Waals surface area contributed by atoms with Gasteiger partial charge in [0.1, 0.15) is 18.2 Å². The number of rotatable bonds is 7. The summed E-state index contributed by atoms with van der Waals surface area (Å²) in [7, 11) is 0. The second-order valence-electron chi connectivity index (χ2n) is 8.62. The van der Waals surface area contributed by atoms with Crippen molar-refractivity contribution in [3.05, 3.63) is 81.2 Å². The van der Waals surface area contributed by atoms with Crippen LogP contribution in [0.2, 0.25) is 0 Å². The molecule has 0 saturated heterocycles. The van der Waals surface area contributed by atoms with Crippen LogP contribution in [-0.4, -0.2) is 17.9 Å². The molecule has 1 amide bonds. The van der Waals surface area contributed by atoms with Crippen LogP contribution in [0.3, 0.4) is 0 Å². The molecule has 32 heavy (non-hydrogen) atoms. The Labute approximate surface area is 187 Å². The minimum absolute atomic E-state index is 0.0913. The summed E-state index contributed by atoms with van der Waals surface area (Å²) >= 11 is 0. The molecule has 3 rings (SSSR count). The molecule has 6 heteroatoms. The fourth-order valence-electron chi connectivity index (χ4n) is 3.68. The van der Waals surface area contributed by atoms with Crippen molar-refractivity contribution in [1.82, 2.24) is 5.32 Å². The van der Waals surface area contributed by atoms with E-state index in [4.69, 9.17) is 9.15 Å². The Hall–Kier alpha value is -3.41. The lowest BCUT2D eigenvalue weighted by Crippen LogP contribution is -2.45. The van der Waals surface area contributed by atoms with Crippen LogP contribution in [0.15, 0.2) is 57.7 Å². The third-order valence-electron chi connectivity index (χ3n) is 5.45. The quantitative estimate of drug-likeness (QED) is 0.429. The summed E-state index contributed by atoms with van der Waals surface area (Å²) in [5.41, 5.74) is 3.17. The van der Waals surface area contributed by atoms with Crippen molar-refractivity contribution >= 4 is 22.8 Å². The Morgan fingerprint density at radius 2 is 1.72 bits per heavy atom. The first-order valence-corrected chi connectivity index (χ1v) is 10.8. The summed E-state index contributed by atoms with van der Waals surface area (Å²) in [6, 6.07) is 13.1. The first-order valence-electron chi connectivity index (χ1n) is 10.8. The van der Waals surface area contributed by atoms with Crippen LogP contribution in [0.4, 0.5) is 0 Å². The van der Waals surface area contributed by atoms with Gasteiger partial charge in [0, 0.05) is 22.6 Å². The summed E-state index contributed by atoms with van der Waals surface area (Å²) < 4.78 is 10.9.